The SMILES string of the molecule is CCC(CBr)(CBr)NC(=O)c1cc(C)ccc1F. The molecule has 1 N–H and O–H groups in total. The number of alkyl halides is 2. The van der Waals surface area contributed by atoms with E-state index in [-0.39, 0.29) is 11.5 Å². The van der Waals surface area contributed by atoms with E-state index in [0.29, 0.717) is 10.7 Å². The second kappa shape index (κ2) is 6.66. The molecule has 18 heavy (non-hydrogen) atoms. The molecule has 0 aliphatic carbocycles. The number of carbonyl (C=O) groups is 1. The first-order valence-electron chi connectivity index (χ1n) is 5.68. The second-order valence-corrected chi connectivity index (χ2v) is 5.46. The van der Waals surface area contributed by atoms with Gasteiger partial charge in [-0.1, -0.05) is 50.4 Å². The van der Waals surface area contributed by atoms with Crippen molar-refractivity contribution in [2.75, 3.05) is 10.7 Å². The molecule has 0 spiro atoms. The summed E-state index contributed by atoms with van der Waals surface area (Å²) in [5.41, 5.74) is 0.559. The van der Waals surface area contributed by atoms with E-state index < -0.39 is 11.4 Å². The van der Waals surface area contributed by atoms with E-state index in [4.69, 9.17) is 0 Å². The molecule has 0 fully saturated rings. The minimum atomic E-state index is -0.493. The molecule has 1 amide bonds. The fourth-order valence-electron chi connectivity index (χ4n) is 1.50. The summed E-state index contributed by atoms with van der Waals surface area (Å²) in [7, 11) is 0. The first kappa shape index (κ1) is 15.6. The van der Waals surface area contributed by atoms with Crippen LogP contribution in [0.3, 0.4) is 0 Å². The van der Waals surface area contributed by atoms with Gasteiger partial charge in [-0.2, -0.15) is 0 Å². The summed E-state index contributed by atoms with van der Waals surface area (Å²) in [6, 6.07) is 4.53. The van der Waals surface area contributed by atoms with Crippen molar-refractivity contribution in [1.82, 2.24) is 5.32 Å². The smallest absolute Gasteiger partial charge is 0.254 e. The van der Waals surface area contributed by atoms with E-state index in [1.807, 2.05) is 13.8 Å². The molecule has 5 heteroatoms. The third-order valence-corrected chi connectivity index (χ3v) is 5.08. The number of amides is 1. The Kier molecular flexibility index (Phi) is 5.79. The highest BCUT2D eigenvalue weighted by Gasteiger charge is 2.28. The van der Waals surface area contributed by atoms with Gasteiger partial charge in [-0.3, -0.25) is 4.79 Å². The largest absolute Gasteiger partial charge is 0.345 e. The Morgan fingerprint density at radius 3 is 2.50 bits per heavy atom. The molecule has 1 aromatic rings. The standard InChI is InChI=1S/C13H16Br2FNO/c1-3-13(7-14,8-15)17-12(18)10-6-9(2)4-5-11(10)16/h4-6H,3,7-8H2,1-2H3,(H,17,18). The first-order valence-corrected chi connectivity index (χ1v) is 7.93. The van der Waals surface area contributed by atoms with Gasteiger partial charge in [0.25, 0.3) is 5.91 Å². The molecule has 0 heterocycles. The molecule has 2 nitrogen and oxygen atoms in total. The van der Waals surface area contributed by atoms with Crippen molar-refractivity contribution in [2.45, 2.75) is 25.8 Å². The fourth-order valence-corrected chi connectivity index (χ4v) is 3.50. The highest BCUT2D eigenvalue weighted by atomic mass is 79.9. The number of carbonyl (C=O) groups excluding carboxylic acids is 1. The summed E-state index contributed by atoms with van der Waals surface area (Å²) < 4.78 is 13.6. The molecule has 0 radical (unpaired) electrons. The number of hydrogen-bond acceptors (Lipinski definition) is 1. The van der Waals surface area contributed by atoms with Crippen molar-refractivity contribution in [3.05, 3.63) is 35.1 Å². The van der Waals surface area contributed by atoms with E-state index in [9.17, 15) is 9.18 Å². The van der Waals surface area contributed by atoms with E-state index in [0.717, 1.165) is 12.0 Å². The minimum absolute atomic E-state index is 0.0923. The van der Waals surface area contributed by atoms with Crippen LogP contribution >= 0.6 is 31.9 Å². The number of hydrogen-bond donors (Lipinski definition) is 1. The first-order chi connectivity index (χ1) is 8.48. The lowest BCUT2D eigenvalue weighted by Crippen LogP contribution is -2.51. The predicted octanol–water partition coefficient (Wildman–Crippen LogP) is 3.80. The number of benzene rings is 1. The lowest BCUT2D eigenvalue weighted by atomic mass is 10.0. The summed E-state index contributed by atoms with van der Waals surface area (Å²) in [6.07, 6.45) is 0.753. The molecule has 100 valence electrons. The van der Waals surface area contributed by atoms with Crippen LogP contribution in [-0.4, -0.2) is 22.1 Å². The Morgan fingerprint density at radius 2 is 2.00 bits per heavy atom. The zero-order valence-corrected chi connectivity index (χ0v) is 13.6. The maximum Gasteiger partial charge on any atom is 0.254 e. The molecule has 0 aliphatic heterocycles. The van der Waals surface area contributed by atoms with Crippen LogP contribution in [0.4, 0.5) is 4.39 Å². The Balaban J connectivity index is 2.97. The normalized spacial score (nSPS) is 11.4. The molecule has 0 atom stereocenters. The Hall–Kier alpha value is -0.420. The molecule has 1 aromatic carbocycles. The van der Waals surface area contributed by atoms with E-state index in [1.54, 1.807) is 12.1 Å². The van der Waals surface area contributed by atoms with Crippen molar-refractivity contribution in [2.24, 2.45) is 0 Å². The van der Waals surface area contributed by atoms with Gasteiger partial charge in [0.05, 0.1) is 11.1 Å². The summed E-state index contributed by atoms with van der Waals surface area (Å²) in [6.45, 7) is 3.81. The second-order valence-electron chi connectivity index (χ2n) is 4.34. The van der Waals surface area contributed by atoms with Crippen LogP contribution < -0.4 is 5.32 Å². The summed E-state index contributed by atoms with van der Waals surface area (Å²) in [5, 5.41) is 4.12. The van der Waals surface area contributed by atoms with Crippen LogP contribution in [0.25, 0.3) is 0 Å². The van der Waals surface area contributed by atoms with Crippen molar-refractivity contribution in [3.63, 3.8) is 0 Å². The van der Waals surface area contributed by atoms with Crippen LogP contribution in [0.2, 0.25) is 0 Å². The third kappa shape index (κ3) is 3.54. The molecule has 0 saturated carbocycles. The molecule has 1 rings (SSSR count). The number of nitrogens with one attached hydrogen (secondary N) is 1. The lowest BCUT2D eigenvalue weighted by Gasteiger charge is -2.30. The van der Waals surface area contributed by atoms with E-state index in [2.05, 4.69) is 37.2 Å². The predicted molar refractivity (Wildman–Crippen MR) is 79.2 cm³/mol. The number of aryl methyl sites for hydroxylation is 1. The van der Waals surface area contributed by atoms with Crippen molar-refractivity contribution in [3.8, 4) is 0 Å². The highest BCUT2D eigenvalue weighted by Crippen LogP contribution is 2.19. The highest BCUT2D eigenvalue weighted by molar-refractivity contribution is 9.09. The van der Waals surface area contributed by atoms with Crippen LogP contribution in [0.15, 0.2) is 18.2 Å². The summed E-state index contributed by atoms with van der Waals surface area (Å²) in [4.78, 5) is 12.1. The third-order valence-electron chi connectivity index (χ3n) is 2.93. The Morgan fingerprint density at radius 1 is 1.39 bits per heavy atom. The zero-order valence-electron chi connectivity index (χ0n) is 10.4. The Labute approximate surface area is 124 Å². The average molecular weight is 381 g/mol. The lowest BCUT2D eigenvalue weighted by molar-refractivity contribution is 0.0911. The van der Waals surface area contributed by atoms with Gasteiger partial charge in [0.2, 0.25) is 0 Å². The summed E-state index contributed by atoms with van der Waals surface area (Å²) >= 11 is 6.78. The quantitative estimate of drug-likeness (QED) is 0.773. The van der Waals surface area contributed by atoms with Gasteiger partial charge in [0, 0.05) is 10.7 Å². The number of halogens is 3. The molecule has 0 bridgehead atoms. The summed E-state index contributed by atoms with van der Waals surface area (Å²) in [5.74, 6) is -0.871. The van der Waals surface area contributed by atoms with Crippen molar-refractivity contribution >= 4 is 37.8 Å². The van der Waals surface area contributed by atoms with Crippen LogP contribution in [-0.2, 0) is 0 Å². The molecule has 0 aliphatic rings. The molecular formula is C13H16Br2FNO. The van der Waals surface area contributed by atoms with Gasteiger partial charge >= 0.3 is 0 Å². The van der Waals surface area contributed by atoms with Gasteiger partial charge < -0.3 is 5.32 Å². The van der Waals surface area contributed by atoms with E-state index >= 15 is 0 Å². The van der Waals surface area contributed by atoms with Gasteiger partial charge in [-0.25, -0.2) is 4.39 Å². The van der Waals surface area contributed by atoms with Gasteiger partial charge in [0.1, 0.15) is 5.82 Å². The maximum absolute atomic E-state index is 13.6. The fraction of sp³-hybridized carbons (Fsp3) is 0.462. The number of rotatable bonds is 5. The zero-order chi connectivity index (χ0) is 13.8. The van der Waals surface area contributed by atoms with Crippen LogP contribution in [0, 0.1) is 12.7 Å². The average Bonchev–Trinajstić information content (AvgIpc) is 2.38. The van der Waals surface area contributed by atoms with Crippen LogP contribution in [0.5, 0.6) is 0 Å². The minimum Gasteiger partial charge on any atom is -0.345 e. The Bertz CT molecular complexity index is 425. The topological polar surface area (TPSA) is 29.1 Å². The van der Waals surface area contributed by atoms with Crippen LogP contribution in [0.1, 0.15) is 29.3 Å². The van der Waals surface area contributed by atoms with Gasteiger partial charge in [-0.05, 0) is 25.5 Å². The molecule has 0 unspecified atom stereocenters. The monoisotopic (exact) mass is 379 g/mol. The van der Waals surface area contributed by atoms with Gasteiger partial charge in [-0.15, -0.1) is 0 Å². The molecule has 0 aromatic heterocycles. The van der Waals surface area contributed by atoms with E-state index in [1.165, 1.54) is 6.07 Å². The van der Waals surface area contributed by atoms with Gasteiger partial charge in [0.15, 0.2) is 0 Å². The van der Waals surface area contributed by atoms with Crippen molar-refractivity contribution < 1.29 is 9.18 Å². The molecule has 0 saturated heterocycles. The molecular weight excluding hydrogens is 365 g/mol. The van der Waals surface area contributed by atoms with Crippen molar-refractivity contribution in [1.29, 1.82) is 0 Å². The maximum atomic E-state index is 13.6.